The first-order valence-electron chi connectivity index (χ1n) is 23.2. The second-order valence-electron chi connectivity index (χ2n) is 18.8. The van der Waals surface area contributed by atoms with Gasteiger partial charge in [-0.25, -0.2) is 0 Å². The molecule has 2 nitrogen and oxygen atoms in total. The Hall–Kier alpha value is -8.20. The molecule has 0 bridgehead atoms. The van der Waals surface area contributed by atoms with Gasteiger partial charge in [0.15, 0.2) is 0 Å². The molecule has 2 heteroatoms. The molecule has 310 valence electrons. The molecule has 0 radical (unpaired) electrons. The van der Waals surface area contributed by atoms with Crippen molar-refractivity contribution in [2.24, 2.45) is 0 Å². The third kappa shape index (κ3) is 4.85. The van der Waals surface area contributed by atoms with Gasteiger partial charge in [0, 0.05) is 33.1 Å². The van der Waals surface area contributed by atoms with E-state index in [9.17, 15) is 0 Å². The molecule has 0 saturated carbocycles. The van der Waals surface area contributed by atoms with Crippen molar-refractivity contribution in [1.82, 2.24) is 4.57 Å². The fraction of sp³-hybridized carbons (Fsp3) is 0.0625. The van der Waals surface area contributed by atoms with Crippen LogP contribution < -0.4 is 4.90 Å². The van der Waals surface area contributed by atoms with Gasteiger partial charge in [0.05, 0.1) is 27.8 Å². The van der Waals surface area contributed by atoms with Crippen molar-refractivity contribution in [2.75, 3.05) is 4.90 Å². The number of benzene rings is 10. The van der Waals surface area contributed by atoms with E-state index in [2.05, 4.69) is 254 Å². The highest BCUT2D eigenvalue weighted by molar-refractivity contribution is 6.13. The van der Waals surface area contributed by atoms with Crippen LogP contribution in [0.3, 0.4) is 0 Å². The number of nitrogens with zero attached hydrogens (tertiary/aromatic N) is 2. The first-order chi connectivity index (χ1) is 32.5. The molecule has 1 aromatic heterocycles. The number of anilines is 3. The van der Waals surface area contributed by atoms with Gasteiger partial charge in [-0.1, -0.05) is 202 Å². The molecule has 0 N–H and O–H groups in total. The van der Waals surface area contributed by atoms with E-state index >= 15 is 0 Å². The summed E-state index contributed by atoms with van der Waals surface area (Å²) in [6.07, 6.45) is 0. The maximum Gasteiger partial charge on any atom is 0.0754 e. The van der Waals surface area contributed by atoms with Crippen LogP contribution in [-0.4, -0.2) is 4.57 Å². The largest absolute Gasteiger partial charge is 0.310 e. The number of para-hydroxylation sites is 4. The molecule has 0 unspecified atom stereocenters. The number of rotatable bonds is 5. The van der Waals surface area contributed by atoms with Crippen molar-refractivity contribution < 1.29 is 0 Å². The molecule has 14 rings (SSSR count). The second-order valence-corrected chi connectivity index (χ2v) is 18.8. The fourth-order valence-corrected chi connectivity index (χ4v) is 12.5. The molecule has 0 atom stereocenters. The predicted molar refractivity (Wildman–Crippen MR) is 275 cm³/mol. The van der Waals surface area contributed by atoms with Crippen molar-refractivity contribution in [1.29, 1.82) is 0 Å². The molecule has 0 fully saturated rings. The molecule has 2 heterocycles. The highest BCUT2D eigenvalue weighted by Crippen LogP contribution is 2.61. The highest BCUT2D eigenvalue weighted by Gasteiger charge is 2.50. The summed E-state index contributed by atoms with van der Waals surface area (Å²) in [4.78, 5) is 2.43. The Bertz CT molecular complexity index is 3750. The monoisotopic (exact) mass is 840 g/mol. The molecule has 3 aliphatic rings. The van der Waals surface area contributed by atoms with E-state index in [0.717, 1.165) is 17.1 Å². The molecule has 1 spiro atoms. The van der Waals surface area contributed by atoms with E-state index in [1.54, 1.807) is 0 Å². The minimum absolute atomic E-state index is 0.101. The minimum atomic E-state index is -0.487. The van der Waals surface area contributed by atoms with E-state index in [1.807, 2.05) is 0 Å². The van der Waals surface area contributed by atoms with Crippen LogP contribution in [0, 0.1) is 0 Å². The van der Waals surface area contributed by atoms with Gasteiger partial charge in [0.25, 0.3) is 0 Å². The van der Waals surface area contributed by atoms with Gasteiger partial charge in [-0.2, -0.15) is 0 Å². The Kier molecular flexibility index (Phi) is 7.70. The van der Waals surface area contributed by atoms with Gasteiger partial charge in [-0.15, -0.1) is 0 Å². The lowest BCUT2D eigenvalue weighted by Gasteiger charge is -2.40. The van der Waals surface area contributed by atoms with Gasteiger partial charge < -0.3 is 9.47 Å². The Balaban J connectivity index is 0.968. The van der Waals surface area contributed by atoms with Crippen LogP contribution in [0.5, 0.6) is 0 Å². The van der Waals surface area contributed by atoms with Crippen molar-refractivity contribution in [3.63, 3.8) is 0 Å². The molecule has 11 aromatic rings. The zero-order chi connectivity index (χ0) is 43.7. The third-order valence-electron chi connectivity index (χ3n) is 15.2. The molecule has 0 amide bonds. The predicted octanol–water partition coefficient (Wildman–Crippen LogP) is 16.6. The molecule has 1 aliphatic heterocycles. The van der Waals surface area contributed by atoms with Crippen LogP contribution in [0.15, 0.2) is 231 Å². The summed E-state index contributed by atoms with van der Waals surface area (Å²) in [6, 6.07) is 86.1. The van der Waals surface area contributed by atoms with Crippen LogP contribution in [0.2, 0.25) is 0 Å². The van der Waals surface area contributed by atoms with Gasteiger partial charge in [0.2, 0.25) is 0 Å². The lowest BCUT2D eigenvalue weighted by molar-refractivity contribution is 0.662. The van der Waals surface area contributed by atoms with E-state index in [4.69, 9.17) is 0 Å². The van der Waals surface area contributed by atoms with E-state index < -0.39 is 5.41 Å². The maximum absolute atomic E-state index is 2.56. The summed E-state index contributed by atoms with van der Waals surface area (Å²) < 4.78 is 2.56. The zero-order valence-electron chi connectivity index (χ0n) is 36.8. The smallest absolute Gasteiger partial charge is 0.0754 e. The summed E-state index contributed by atoms with van der Waals surface area (Å²) in [5.41, 5.74) is 24.8. The average Bonchev–Trinajstić information content (AvgIpc) is 3.96. The summed E-state index contributed by atoms with van der Waals surface area (Å²) >= 11 is 0. The van der Waals surface area contributed by atoms with Gasteiger partial charge >= 0.3 is 0 Å². The summed E-state index contributed by atoms with van der Waals surface area (Å²) in [7, 11) is 0. The lowest BCUT2D eigenvalue weighted by atomic mass is 9.65. The minimum Gasteiger partial charge on any atom is -0.310 e. The number of aromatic nitrogens is 1. The summed E-state index contributed by atoms with van der Waals surface area (Å²) in [6.45, 7) is 4.74. The Labute approximate surface area is 385 Å². The molecular weight excluding hydrogens is 797 g/mol. The van der Waals surface area contributed by atoms with Crippen LogP contribution >= 0.6 is 0 Å². The van der Waals surface area contributed by atoms with Crippen molar-refractivity contribution in [2.45, 2.75) is 24.7 Å². The molecule has 2 aliphatic carbocycles. The summed E-state index contributed by atoms with van der Waals surface area (Å²) in [5.74, 6) is 0. The number of fused-ring (bicyclic) bond motifs is 15. The lowest BCUT2D eigenvalue weighted by Crippen LogP contribution is -2.33. The van der Waals surface area contributed by atoms with Gasteiger partial charge in [-0.3, -0.25) is 0 Å². The average molecular weight is 841 g/mol. The second kappa shape index (κ2) is 13.7. The van der Waals surface area contributed by atoms with Crippen molar-refractivity contribution in [3.05, 3.63) is 264 Å². The highest BCUT2D eigenvalue weighted by atomic mass is 15.1. The Morgan fingerprint density at radius 2 is 0.894 bits per heavy atom. The van der Waals surface area contributed by atoms with E-state index in [0.29, 0.717) is 0 Å². The van der Waals surface area contributed by atoms with E-state index in [-0.39, 0.29) is 5.41 Å². The SMILES string of the molecule is CC1(C)c2ccccc2-c2cccc(-c3ccc(N(c4ccccc4)c4ccccc4-c4ccc5c(c4)-n4c6ccccc6c6cccc(c64)C54c5ccccc5-c5ccccc54)cc3)c21. The number of hydrogen-bond acceptors (Lipinski definition) is 1. The molecule has 66 heavy (non-hydrogen) atoms. The van der Waals surface area contributed by atoms with Crippen LogP contribution in [0.4, 0.5) is 17.1 Å². The molecular formula is C64H44N2. The quantitative estimate of drug-likeness (QED) is 0.168. The molecule has 0 saturated heterocycles. The van der Waals surface area contributed by atoms with Gasteiger partial charge in [0.1, 0.15) is 0 Å². The van der Waals surface area contributed by atoms with Crippen molar-refractivity contribution >= 4 is 38.9 Å². The van der Waals surface area contributed by atoms with E-state index in [1.165, 1.54) is 105 Å². The third-order valence-corrected chi connectivity index (χ3v) is 15.2. The maximum atomic E-state index is 2.56. The van der Waals surface area contributed by atoms with Gasteiger partial charge in [-0.05, 0) is 115 Å². The Morgan fingerprint density at radius 3 is 1.65 bits per heavy atom. The van der Waals surface area contributed by atoms with Crippen LogP contribution in [-0.2, 0) is 10.8 Å². The first kappa shape index (κ1) is 37.2. The normalized spacial score (nSPS) is 14.2. The van der Waals surface area contributed by atoms with Crippen molar-refractivity contribution in [3.8, 4) is 50.2 Å². The van der Waals surface area contributed by atoms with Crippen LogP contribution in [0.25, 0.3) is 72.0 Å². The van der Waals surface area contributed by atoms with Crippen LogP contribution in [0.1, 0.15) is 47.2 Å². The number of hydrogen-bond donors (Lipinski definition) is 0. The first-order valence-corrected chi connectivity index (χ1v) is 23.2. The zero-order valence-corrected chi connectivity index (χ0v) is 36.8. The Morgan fingerprint density at radius 1 is 0.364 bits per heavy atom. The topological polar surface area (TPSA) is 8.17 Å². The molecule has 10 aromatic carbocycles. The summed E-state index contributed by atoms with van der Waals surface area (Å²) in [5, 5.41) is 2.56. The fourth-order valence-electron chi connectivity index (χ4n) is 12.5. The standard InChI is InChI=1S/C64H44N2/c1-63(2)53-28-11-6-23-49(53)51-26-16-25-46(61(51)63)41-34-37-44(38-35-41)65(43-18-4-3-5-19-43)58-32-14-9-20-45(58)42-36-39-56-60(40-42)66-59-33-15-10-24-50(59)52-27-17-31-57(62(52)66)64(56)54-29-12-7-21-47(54)48-22-8-13-30-55(48)64/h3-40H,1-2H3.